The van der Waals surface area contributed by atoms with Crippen LogP contribution in [0, 0.1) is 0 Å². The average Bonchev–Trinajstić information content (AvgIpc) is 3.58. The first kappa shape index (κ1) is 31.2. The number of para-hydroxylation sites is 2. The van der Waals surface area contributed by atoms with E-state index in [1.54, 1.807) is 36.0 Å². The van der Waals surface area contributed by atoms with E-state index in [1.807, 2.05) is 48.5 Å². The molecular formula is C32H36N6O5S. The second kappa shape index (κ2) is 15.5. The molecule has 2 amide bonds. The van der Waals surface area contributed by atoms with Gasteiger partial charge in [0, 0.05) is 37.1 Å². The highest BCUT2D eigenvalue weighted by molar-refractivity contribution is 7.99. The van der Waals surface area contributed by atoms with Crippen LogP contribution < -0.4 is 16.4 Å². The number of rotatable bonds is 13. The van der Waals surface area contributed by atoms with E-state index in [4.69, 9.17) is 15.2 Å². The van der Waals surface area contributed by atoms with Gasteiger partial charge >= 0.3 is 0 Å². The van der Waals surface area contributed by atoms with Crippen LogP contribution >= 0.6 is 11.8 Å². The molecule has 4 aromatic rings. The number of carbonyl (C=O) groups is 2. The Morgan fingerprint density at radius 3 is 2.41 bits per heavy atom. The number of H-pyrrole nitrogens is 1. The van der Waals surface area contributed by atoms with Gasteiger partial charge in [0.2, 0.25) is 11.8 Å². The summed E-state index contributed by atoms with van der Waals surface area (Å²) in [5.41, 5.74) is 10.6. The topological polar surface area (TPSA) is 164 Å². The lowest BCUT2D eigenvalue weighted by atomic mass is 10.0. The molecular weight excluding hydrogens is 580 g/mol. The predicted molar refractivity (Wildman–Crippen MR) is 167 cm³/mol. The van der Waals surface area contributed by atoms with E-state index < -0.39 is 6.29 Å². The Labute approximate surface area is 260 Å². The Hall–Kier alpha value is -4.23. The molecule has 1 saturated heterocycles. The third kappa shape index (κ3) is 8.89. The highest BCUT2D eigenvalue weighted by atomic mass is 32.2. The lowest BCUT2D eigenvalue weighted by Gasteiger charge is -2.36. The zero-order valence-electron chi connectivity index (χ0n) is 24.1. The van der Waals surface area contributed by atoms with E-state index in [0.717, 1.165) is 27.4 Å². The van der Waals surface area contributed by atoms with E-state index in [0.29, 0.717) is 36.5 Å². The number of aliphatic hydroxyl groups is 1. The SMILES string of the molecule is Nc1ccccc1NC(=O)CCCC(=O)NCc1ccc([C@@H]2O[C@H](CSc3ncn[nH]3)C[C@H](c3ccc(CO)cc3)O2)cc1. The zero-order valence-corrected chi connectivity index (χ0v) is 25.0. The Kier molecular flexibility index (Phi) is 11.0. The summed E-state index contributed by atoms with van der Waals surface area (Å²) in [6.45, 7) is 0.358. The number of nitrogens with zero attached hydrogens (tertiary/aromatic N) is 2. The Balaban J connectivity index is 1.12. The molecule has 3 atom stereocenters. The fourth-order valence-electron chi connectivity index (χ4n) is 4.77. The zero-order chi connectivity index (χ0) is 30.7. The van der Waals surface area contributed by atoms with Crippen molar-refractivity contribution in [2.24, 2.45) is 0 Å². The molecule has 230 valence electrons. The lowest BCUT2D eigenvalue weighted by Crippen LogP contribution is -2.31. The van der Waals surface area contributed by atoms with E-state index in [1.165, 1.54) is 6.33 Å². The highest BCUT2D eigenvalue weighted by Crippen LogP contribution is 2.39. The maximum Gasteiger partial charge on any atom is 0.224 e. The number of aliphatic hydroxyl groups excluding tert-OH is 1. The first-order chi connectivity index (χ1) is 21.5. The maximum absolute atomic E-state index is 12.4. The van der Waals surface area contributed by atoms with Gasteiger partial charge in [-0.1, -0.05) is 72.4 Å². The van der Waals surface area contributed by atoms with Gasteiger partial charge in [-0.3, -0.25) is 14.7 Å². The van der Waals surface area contributed by atoms with Crippen LogP contribution in [-0.2, 0) is 32.2 Å². The molecule has 1 aromatic heterocycles. The van der Waals surface area contributed by atoms with Gasteiger partial charge in [-0.05, 0) is 35.2 Å². The number of thioether (sulfide) groups is 1. The lowest BCUT2D eigenvalue weighted by molar-refractivity contribution is -0.245. The van der Waals surface area contributed by atoms with Crippen molar-refractivity contribution in [3.63, 3.8) is 0 Å². The van der Waals surface area contributed by atoms with Crippen LogP contribution in [0.5, 0.6) is 0 Å². The van der Waals surface area contributed by atoms with E-state index in [-0.39, 0.29) is 43.5 Å². The number of hydrogen-bond acceptors (Lipinski definition) is 9. The molecule has 1 aliphatic heterocycles. The minimum absolute atomic E-state index is 0.0113. The van der Waals surface area contributed by atoms with Gasteiger partial charge in [-0.15, -0.1) is 0 Å². The number of nitrogens with two attached hydrogens (primary N) is 1. The fraction of sp³-hybridized carbons (Fsp3) is 0.312. The van der Waals surface area contributed by atoms with Crippen LogP contribution in [-0.4, -0.2) is 44.0 Å². The largest absolute Gasteiger partial charge is 0.397 e. The number of anilines is 2. The standard InChI is InChI=1S/C32H36N6O5S/c33-26-4-1-2-5-27(26)37-30(41)7-3-6-29(40)34-17-21-8-14-24(15-9-21)31-42-25(19-44-32-35-20-36-38-32)16-28(43-31)23-12-10-22(18-39)11-13-23/h1-2,4-5,8-15,20,25,28,31,39H,3,6-7,16-19,33H2,(H,34,40)(H,37,41)(H,35,36,38)/t25-,28+,31+/m0/s1. The average molecular weight is 617 g/mol. The Morgan fingerprint density at radius 2 is 1.68 bits per heavy atom. The molecule has 6 N–H and O–H groups in total. The van der Waals surface area contributed by atoms with Crippen LogP contribution in [0.4, 0.5) is 11.4 Å². The van der Waals surface area contributed by atoms with Gasteiger partial charge in [0.25, 0.3) is 0 Å². The van der Waals surface area contributed by atoms with Crippen molar-refractivity contribution in [2.75, 3.05) is 16.8 Å². The molecule has 11 nitrogen and oxygen atoms in total. The summed E-state index contributed by atoms with van der Waals surface area (Å²) in [4.78, 5) is 28.8. The van der Waals surface area contributed by atoms with Crippen LogP contribution in [0.3, 0.4) is 0 Å². The summed E-state index contributed by atoms with van der Waals surface area (Å²) in [5, 5.41) is 22.6. The number of nitrogen functional groups attached to an aromatic ring is 1. The maximum atomic E-state index is 12.4. The Morgan fingerprint density at radius 1 is 0.955 bits per heavy atom. The third-order valence-electron chi connectivity index (χ3n) is 7.20. The molecule has 3 aromatic carbocycles. The summed E-state index contributed by atoms with van der Waals surface area (Å²) < 4.78 is 12.8. The molecule has 0 unspecified atom stereocenters. The monoisotopic (exact) mass is 616 g/mol. The van der Waals surface area contributed by atoms with Gasteiger partial charge in [-0.2, -0.15) is 5.10 Å². The number of benzene rings is 3. The van der Waals surface area contributed by atoms with Crippen LogP contribution in [0.1, 0.15) is 60.3 Å². The van der Waals surface area contributed by atoms with Crippen LogP contribution in [0.15, 0.2) is 84.3 Å². The molecule has 0 bridgehead atoms. The second-order valence-electron chi connectivity index (χ2n) is 10.5. The number of nitrogens with one attached hydrogen (secondary N) is 3. The first-order valence-electron chi connectivity index (χ1n) is 14.5. The number of carbonyl (C=O) groups excluding carboxylic acids is 2. The van der Waals surface area contributed by atoms with Crippen molar-refractivity contribution >= 4 is 35.0 Å². The summed E-state index contributed by atoms with van der Waals surface area (Å²) in [5.74, 6) is 0.371. The van der Waals surface area contributed by atoms with Gasteiger partial charge in [0.05, 0.1) is 30.2 Å². The quantitative estimate of drug-likeness (QED) is 0.106. The van der Waals surface area contributed by atoms with E-state index >= 15 is 0 Å². The molecule has 1 fully saturated rings. The normalized spacial score (nSPS) is 18.1. The van der Waals surface area contributed by atoms with E-state index in [2.05, 4.69) is 25.8 Å². The van der Waals surface area contributed by atoms with Crippen molar-refractivity contribution in [2.45, 2.75) is 62.5 Å². The number of ether oxygens (including phenoxy) is 2. The number of hydrogen-bond donors (Lipinski definition) is 5. The minimum atomic E-state index is -0.576. The smallest absolute Gasteiger partial charge is 0.224 e. The van der Waals surface area contributed by atoms with Crippen molar-refractivity contribution in [1.29, 1.82) is 0 Å². The summed E-state index contributed by atoms with van der Waals surface area (Å²) in [6, 6.07) is 22.6. The molecule has 12 heteroatoms. The van der Waals surface area contributed by atoms with Gasteiger partial charge in [-0.25, -0.2) is 4.98 Å². The van der Waals surface area contributed by atoms with Crippen molar-refractivity contribution in [3.05, 3.63) is 101 Å². The molecule has 0 radical (unpaired) electrons. The first-order valence-corrected chi connectivity index (χ1v) is 15.4. The molecule has 2 heterocycles. The number of amides is 2. The minimum Gasteiger partial charge on any atom is -0.397 e. The van der Waals surface area contributed by atoms with E-state index in [9.17, 15) is 14.7 Å². The number of aromatic amines is 1. The molecule has 0 aliphatic carbocycles. The Bertz CT molecular complexity index is 1500. The van der Waals surface area contributed by atoms with Gasteiger partial charge < -0.3 is 30.9 Å². The van der Waals surface area contributed by atoms with Crippen LogP contribution in [0.2, 0.25) is 0 Å². The molecule has 1 aliphatic rings. The summed E-state index contributed by atoms with van der Waals surface area (Å²) >= 11 is 1.54. The molecule has 0 saturated carbocycles. The molecule has 44 heavy (non-hydrogen) atoms. The van der Waals surface area contributed by atoms with Gasteiger partial charge in [0.15, 0.2) is 11.4 Å². The van der Waals surface area contributed by atoms with Crippen molar-refractivity contribution in [3.8, 4) is 0 Å². The molecule has 5 rings (SSSR count). The summed E-state index contributed by atoms with van der Waals surface area (Å²) in [7, 11) is 0. The van der Waals surface area contributed by atoms with Gasteiger partial charge in [0.1, 0.15) is 6.33 Å². The molecule has 0 spiro atoms. The number of aromatic nitrogens is 3. The third-order valence-corrected chi connectivity index (χ3v) is 8.21. The second-order valence-corrected chi connectivity index (χ2v) is 11.5. The highest BCUT2D eigenvalue weighted by Gasteiger charge is 2.32. The van der Waals surface area contributed by atoms with Crippen molar-refractivity contribution in [1.82, 2.24) is 20.5 Å². The summed E-state index contributed by atoms with van der Waals surface area (Å²) in [6.07, 6.45) is 2.18. The van der Waals surface area contributed by atoms with Crippen molar-refractivity contribution < 1.29 is 24.2 Å². The fourth-order valence-corrected chi connectivity index (χ4v) is 5.57. The van der Waals surface area contributed by atoms with Crippen LogP contribution in [0.25, 0.3) is 0 Å². The predicted octanol–water partition coefficient (Wildman–Crippen LogP) is 4.64.